The molecule has 1 saturated heterocycles. The number of amides is 1. The molecule has 0 aromatic heterocycles. The van der Waals surface area contributed by atoms with Crippen LogP contribution >= 0.6 is 0 Å². The molecule has 0 atom stereocenters. The third-order valence-electron chi connectivity index (χ3n) is 4.45. The Morgan fingerprint density at radius 1 is 1.22 bits per heavy atom. The highest BCUT2D eigenvalue weighted by molar-refractivity contribution is 5.78. The number of likely N-dealkylation sites (tertiary alicyclic amines) is 1. The fourth-order valence-electron chi connectivity index (χ4n) is 3.07. The Balaban J connectivity index is 1.72. The van der Waals surface area contributed by atoms with Crippen molar-refractivity contribution in [2.45, 2.75) is 32.2 Å². The summed E-state index contributed by atoms with van der Waals surface area (Å²) in [7, 11) is 1.78. The topological polar surface area (TPSA) is 60.9 Å². The number of carboxylic acids is 1. The molecular weight excluding hydrogens is 292 g/mol. The number of nitrogens with zero attached hydrogens (tertiary/aromatic N) is 2. The third-order valence-corrected chi connectivity index (χ3v) is 4.45. The molecule has 1 aromatic carbocycles. The number of hydrogen-bond donors (Lipinski definition) is 1. The highest BCUT2D eigenvalue weighted by Crippen LogP contribution is 2.21. The van der Waals surface area contributed by atoms with E-state index in [1.54, 1.807) is 11.9 Å². The maximum atomic E-state index is 12.4. The third kappa shape index (κ3) is 5.67. The number of piperidine rings is 1. The van der Waals surface area contributed by atoms with Gasteiger partial charge in [0.15, 0.2) is 0 Å². The lowest BCUT2D eigenvalue weighted by atomic mass is 9.95. The second-order valence-corrected chi connectivity index (χ2v) is 6.29. The summed E-state index contributed by atoms with van der Waals surface area (Å²) in [6.07, 6.45) is 2.40. The Hall–Kier alpha value is -1.88. The van der Waals surface area contributed by atoms with Gasteiger partial charge in [0.05, 0.1) is 0 Å². The summed E-state index contributed by atoms with van der Waals surface area (Å²) in [5, 5.41) is 8.65. The summed E-state index contributed by atoms with van der Waals surface area (Å²) in [4.78, 5) is 27.0. The van der Waals surface area contributed by atoms with E-state index < -0.39 is 5.97 Å². The molecule has 2 rings (SSSR count). The van der Waals surface area contributed by atoms with Crippen molar-refractivity contribution >= 4 is 11.9 Å². The summed E-state index contributed by atoms with van der Waals surface area (Å²) in [5.74, 6) is -0.563. The summed E-state index contributed by atoms with van der Waals surface area (Å²) in [5.41, 5.74) is 1.31. The smallest absolute Gasteiger partial charge is 0.303 e. The summed E-state index contributed by atoms with van der Waals surface area (Å²) >= 11 is 0. The lowest BCUT2D eigenvalue weighted by Gasteiger charge is -2.33. The fourth-order valence-corrected chi connectivity index (χ4v) is 3.07. The molecule has 23 heavy (non-hydrogen) atoms. The molecule has 1 aromatic rings. The lowest BCUT2D eigenvalue weighted by Crippen LogP contribution is -2.41. The van der Waals surface area contributed by atoms with E-state index in [-0.39, 0.29) is 18.2 Å². The van der Waals surface area contributed by atoms with E-state index >= 15 is 0 Å². The SMILES string of the molecule is CN(CCCC(=O)O)C(=O)C1CCN(Cc2ccccc2)CC1. The largest absolute Gasteiger partial charge is 0.481 e. The minimum absolute atomic E-state index is 0.0804. The van der Waals surface area contributed by atoms with Gasteiger partial charge in [-0.15, -0.1) is 0 Å². The van der Waals surface area contributed by atoms with Crippen LogP contribution in [0.5, 0.6) is 0 Å². The van der Waals surface area contributed by atoms with E-state index in [2.05, 4.69) is 29.2 Å². The number of rotatable bonds is 7. The molecule has 0 aliphatic carbocycles. The van der Waals surface area contributed by atoms with Crippen molar-refractivity contribution in [1.29, 1.82) is 0 Å². The Morgan fingerprint density at radius 3 is 2.48 bits per heavy atom. The van der Waals surface area contributed by atoms with Gasteiger partial charge in [-0.1, -0.05) is 30.3 Å². The van der Waals surface area contributed by atoms with Gasteiger partial charge < -0.3 is 10.0 Å². The normalized spacial score (nSPS) is 16.2. The zero-order valence-electron chi connectivity index (χ0n) is 13.8. The van der Waals surface area contributed by atoms with Crippen LogP contribution in [0.2, 0.25) is 0 Å². The molecule has 1 amide bonds. The van der Waals surface area contributed by atoms with Gasteiger partial charge in [0.1, 0.15) is 0 Å². The van der Waals surface area contributed by atoms with E-state index in [0.717, 1.165) is 32.5 Å². The van der Waals surface area contributed by atoms with Gasteiger partial charge in [-0.2, -0.15) is 0 Å². The second-order valence-electron chi connectivity index (χ2n) is 6.29. The van der Waals surface area contributed by atoms with Gasteiger partial charge in [0.25, 0.3) is 0 Å². The van der Waals surface area contributed by atoms with Crippen molar-refractivity contribution in [2.75, 3.05) is 26.7 Å². The number of carbonyl (C=O) groups is 2. The molecule has 5 heteroatoms. The first-order valence-electron chi connectivity index (χ1n) is 8.29. The second kappa shape index (κ2) is 8.67. The monoisotopic (exact) mass is 318 g/mol. The molecule has 1 fully saturated rings. The van der Waals surface area contributed by atoms with Crippen LogP contribution < -0.4 is 0 Å². The van der Waals surface area contributed by atoms with Gasteiger partial charge in [-0.3, -0.25) is 14.5 Å². The number of aliphatic carboxylic acids is 1. The quantitative estimate of drug-likeness (QED) is 0.837. The van der Waals surface area contributed by atoms with Crippen LogP contribution in [0.3, 0.4) is 0 Å². The van der Waals surface area contributed by atoms with E-state index in [1.165, 1.54) is 5.56 Å². The molecule has 1 aliphatic rings. The molecular formula is C18H26N2O3. The van der Waals surface area contributed by atoms with Gasteiger partial charge >= 0.3 is 5.97 Å². The Labute approximate surface area is 137 Å². The van der Waals surface area contributed by atoms with E-state index in [0.29, 0.717) is 13.0 Å². The van der Waals surface area contributed by atoms with Crippen LogP contribution in [0.4, 0.5) is 0 Å². The van der Waals surface area contributed by atoms with Gasteiger partial charge in [-0.05, 0) is 37.9 Å². The first kappa shape index (κ1) is 17.5. The van der Waals surface area contributed by atoms with Gasteiger partial charge in [0.2, 0.25) is 5.91 Å². The summed E-state index contributed by atoms with van der Waals surface area (Å²) in [6, 6.07) is 10.4. The first-order valence-corrected chi connectivity index (χ1v) is 8.29. The minimum atomic E-state index is -0.805. The van der Waals surface area contributed by atoms with Gasteiger partial charge in [0, 0.05) is 32.5 Å². The molecule has 0 spiro atoms. The van der Waals surface area contributed by atoms with E-state index in [1.807, 2.05) is 6.07 Å². The van der Waals surface area contributed by atoms with Crippen molar-refractivity contribution in [1.82, 2.24) is 9.80 Å². The number of carboxylic acid groups (broad SMARTS) is 1. The number of carbonyl (C=O) groups excluding carboxylic acids is 1. The summed E-state index contributed by atoms with van der Waals surface area (Å²) in [6.45, 7) is 3.34. The van der Waals surface area contributed by atoms with Crippen LogP contribution in [0, 0.1) is 5.92 Å². The number of hydrogen-bond acceptors (Lipinski definition) is 3. The Bertz CT molecular complexity index is 510. The molecule has 0 bridgehead atoms. The van der Waals surface area contributed by atoms with Crippen molar-refractivity contribution in [3.05, 3.63) is 35.9 Å². The highest BCUT2D eigenvalue weighted by atomic mass is 16.4. The molecule has 0 radical (unpaired) electrons. The molecule has 126 valence electrons. The van der Waals surface area contributed by atoms with Crippen molar-refractivity contribution in [3.8, 4) is 0 Å². The maximum absolute atomic E-state index is 12.4. The lowest BCUT2D eigenvalue weighted by molar-refractivity contribution is -0.139. The van der Waals surface area contributed by atoms with Gasteiger partial charge in [-0.25, -0.2) is 0 Å². The predicted molar refractivity (Wildman–Crippen MR) is 88.9 cm³/mol. The zero-order chi connectivity index (χ0) is 16.7. The van der Waals surface area contributed by atoms with E-state index in [4.69, 9.17) is 5.11 Å². The molecule has 0 unspecified atom stereocenters. The maximum Gasteiger partial charge on any atom is 0.303 e. The zero-order valence-corrected chi connectivity index (χ0v) is 13.8. The first-order chi connectivity index (χ1) is 11.1. The van der Waals surface area contributed by atoms with Crippen molar-refractivity contribution < 1.29 is 14.7 Å². The summed E-state index contributed by atoms with van der Waals surface area (Å²) < 4.78 is 0. The fraction of sp³-hybridized carbons (Fsp3) is 0.556. The molecule has 5 nitrogen and oxygen atoms in total. The van der Waals surface area contributed by atoms with Crippen LogP contribution in [-0.4, -0.2) is 53.5 Å². The van der Waals surface area contributed by atoms with Crippen LogP contribution in [0.25, 0.3) is 0 Å². The van der Waals surface area contributed by atoms with Crippen LogP contribution in [-0.2, 0) is 16.1 Å². The Morgan fingerprint density at radius 2 is 1.87 bits per heavy atom. The minimum Gasteiger partial charge on any atom is -0.481 e. The average molecular weight is 318 g/mol. The van der Waals surface area contributed by atoms with Crippen LogP contribution in [0.1, 0.15) is 31.2 Å². The molecule has 1 N–H and O–H groups in total. The highest BCUT2D eigenvalue weighted by Gasteiger charge is 2.27. The number of benzene rings is 1. The van der Waals surface area contributed by atoms with Crippen molar-refractivity contribution in [2.24, 2.45) is 5.92 Å². The molecule has 0 saturated carbocycles. The molecule has 1 aliphatic heterocycles. The van der Waals surface area contributed by atoms with E-state index in [9.17, 15) is 9.59 Å². The van der Waals surface area contributed by atoms with Crippen LogP contribution in [0.15, 0.2) is 30.3 Å². The Kier molecular flexibility index (Phi) is 6.59. The predicted octanol–water partition coefficient (Wildman–Crippen LogP) is 2.22. The average Bonchev–Trinajstić information content (AvgIpc) is 2.55. The standard InChI is InChI=1S/C18H26N2O3/c1-19(11-5-8-17(21)22)18(23)16-9-12-20(13-10-16)14-15-6-3-2-4-7-15/h2-4,6-7,16H,5,8-14H2,1H3,(H,21,22). The van der Waals surface area contributed by atoms with Crippen molar-refractivity contribution in [3.63, 3.8) is 0 Å². The molecule has 1 heterocycles.